The van der Waals surface area contributed by atoms with Crippen LogP contribution >= 0.6 is 0 Å². The summed E-state index contributed by atoms with van der Waals surface area (Å²) in [5.41, 5.74) is 0.838. The highest BCUT2D eigenvalue weighted by atomic mass is 16.6. The smallest absolute Gasteiger partial charge is 0.346 e. The van der Waals surface area contributed by atoms with E-state index in [0.29, 0.717) is 12.2 Å². The van der Waals surface area contributed by atoms with Gasteiger partial charge in [0.15, 0.2) is 6.10 Å². The second-order valence-electron chi connectivity index (χ2n) is 3.78. The van der Waals surface area contributed by atoms with Gasteiger partial charge in [-0.25, -0.2) is 4.79 Å². The van der Waals surface area contributed by atoms with E-state index >= 15 is 0 Å². The zero-order valence-corrected chi connectivity index (χ0v) is 10.3. The van der Waals surface area contributed by atoms with Crippen LogP contribution in [0.4, 0.5) is 0 Å². The number of hydrogen-bond acceptors (Lipinski definition) is 4. The van der Waals surface area contributed by atoms with Crippen molar-refractivity contribution >= 4 is 5.97 Å². The normalized spacial score (nSPS) is 13.9. The van der Waals surface area contributed by atoms with Crippen LogP contribution < -0.4 is 4.74 Å². The summed E-state index contributed by atoms with van der Waals surface area (Å²) >= 11 is 0. The molecule has 1 aromatic carbocycles. The Labute approximate surface area is 101 Å². The third-order valence-corrected chi connectivity index (χ3v) is 2.50. The standard InChI is InChI=1S/C13H18O4/c1-4-12(14)10-5-7-11(8-6-10)17-9(2)13(15)16-3/h5-9,12,14H,4H2,1-3H3. The van der Waals surface area contributed by atoms with E-state index in [1.54, 1.807) is 31.2 Å². The lowest BCUT2D eigenvalue weighted by Crippen LogP contribution is -2.24. The van der Waals surface area contributed by atoms with E-state index in [0.717, 1.165) is 5.56 Å². The average Bonchev–Trinajstić information content (AvgIpc) is 2.37. The second kappa shape index (κ2) is 6.25. The molecule has 0 fully saturated rings. The third-order valence-electron chi connectivity index (χ3n) is 2.50. The largest absolute Gasteiger partial charge is 0.479 e. The first-order chi connectivity index (χ1) is 8.08. The Bertz CT molecular complexity index is 358. The van der Waals surface area contributed by atoms with E-state index in [4.69, 9.17) is 4.74 Å². The van der Waals surface area contributed by atoms with E-state index in [1.165, 1.54) is 7.11 Å². The summed E-state index contributed by atoms with van der Waals surface area (Å²) in [6.45, 7) is 3.54. The van der Waals surface area contributed by atoms with Gasteiger partial charge in [-0.15, -0.1) is 0 Å². The number of carbonyl (C=O) groups is 1. The summed E-state index contributed by atoms with van der Waals surface area (Å²) in [6, 6.07) is 7.03. The zero-order valence-electron chi connectivity index (χ0n) is 10.3. The number of benzene rings is 1. The highest BCUT2D eigenvalue weighted by Gasteiger charge is 2.14. The monoisotopic (exact) mass is 238 g/mol. The summed E-state index contributed by atoms with van der Waals surface area (Å²) in [5, 5.41) is 9.61. The molecule has 0 aromatic heterocycles. The van der Waals surface area contributed by atoms with Crippen molar-refractivity contribution in [3.63, 3.8) is 0 Å². The zero-order chi connectivity index (χ0) is 12.8. The van der Waals surface area contributed by atoms with E-state index in [-0.39, 0.29) is 0 Å². The van der Waals surface area contributed by atoms with E-state index < -0.39 is 18.2 Å². The van der Waals surface area contributed by atoms with Gasteiger partial charge < -0.3 is 14.6 Å². The highest BCUT2D eigenvalue weighted by molar-refractivity contribution is 5.74. The van der Waals surface area contributed by atoms with Crippen LogP contribution in [0.25, 0.3) is 0 Å². The number of aliphatic hydroxyl groups is 1. The lowest BCUT2D eigenvalue weighted by Gasteiger charge is -2.13. The number of aliphatic hydroxyl groups excluding tert-OH is 1. The SMILES string of the molecule is CCC(O)c1ccc(OC(C)C(=O)OC)cc1. The fourth-order valence-corrected chi connectivity index (χ4v) is 1.42. The quantitative estimate of drug-likeness (QED) is 0.798. The van der Waals surface area contributed by atoms with Crippen molar-refractivity contribution < 1.29 is 19.4 Å². The lowest BCUT2D eigenvalue weighted by atomic mass is 10.1. The fourth-order valence-electron chi connectivity index (χ4n) is 1.42. The molecule has 0 radical (unpaired) electrons. The molecule has 4 heteroatoms. The molecule has 2 atom stereocenters. The number of hydrogen-bond donors (Lipinski definition) is 1. The van der Waals surface area contributed by atoms with Crippen LogP contribution in [0.15, 0.2) is 24.3 Å². The number of methoxy groups -OCH3 is 1. The molecule has 17 heavy (non-hydrogen) atoms. The van der Waals surface area contributed by atoms with Crippen LogP contribution in [0.3, 0.4) is 0 Å². The molecule has 2 unspecified atom stereocenters. The highest BCUT2D eigenvalue weighted by Crippen LogP contribution is 2.20. The Balaban J connectivity index is 2.65. The van der Waals surface area contributed by atoms with Crippen LogP contribution in [0.5, 0.6) is 5.75 Å². The lowest BCUT2D eigenvalue weighted by molar-refractivity contribution is -0.147. The molecule has 0 heterocycles. The van der Waals surface area contributed by atoms with Crippen molar-refractivity contribution in [1.82, 2.24) is 0 Å². The molecule has 1 aromatic rings. The molecule has 0 saturated heterocycles. The van der Waals surface area contributed by atoms with Gasteiger partial charge in [-0.3, -0.25) is 0 Å². The molecule has 1 N–H and O–H groups in total. The first kappa shape index (κ1) is 13.5. The number of rotatable bonds is 5. The molecular formula is C13H18O4. The predicted octanol–water partition coefficient (Wildman–Crippen LogP) is 2.07. The molecule has 0 aliphatic heterocycles. The van der Waals surface area contributed by atoms with Crippen LogP contribution in [-0.2, 0) is 9.53 Å². The van der Waals surface area contributed by atoms with Gasteiger partial charge in [0.05, 0.1) is 13.2 Å². The Hall–Kier alpha value is -1.55. The maximum absolute atomic E-state index is 11.2. The van der Waals surface area contributed by atoms with Crippen molar-refractivity contribution in [2.75, 3.05) is 7.11 Å². The Morgan fingerprint density at radius 1 is 1.35 bits per heavy atom. The summed E-state index contributed by atoms with van der Waals surface area (Å²) in [6.07, 6.45) is -0.428. The van der Waals surface area contributed by atoms with Crippen molar-refractivity contribution in [1.29, 1.82) is 0 Å². The first-order valence-corrected chi connectivity index (χ1v) is 5.61. The van der Waals surface area contributed by atoms with Gasteiger partial charge in [0, 0.05) is 0 Å². The molecule has 0 aliphatic rings. The molecule has 4 nitrogen and oxygen atoms in total. The minimum Gasteiger partial charge on any atom is -0.479 e. The topological polar surface area (TPSA) is 55.8 Å². The van der Waals surface area contributed by atoms with Gasteiger partial charge in [-0.1, -0.05) is 19.1 Å². The van der Waals surface area contributed by atoms with Gasteiger partial charge in [0.25, 0.3) is 0 Å². The Morgan fingerprint density at radius 2 is 1.94 bits per heavy atom. The maximum Gasteiger partial charge on any atom is 0.346 e. The average molecular weight is 238 g/mol. The molecular weight excluding hydrogens is 220 g/mol. The van der Waals surface area contributed by atoms with Crippen LogP contribution in [0, 0.1) is 0 Å². The van der Waals surface area contributed by atoms with Gasteiger partial charge in [-0.2, -0.15) is 0 Å². The first-order valence-electron chi connectivity index (χ1n) is 5.61. The van der Waals surface area contributed by atoms with E-state index in [9.17, 15) is 9.90 Å². The summed E-state index contributed by atoms with van der Waals surface area (Å²) in [7, 11) is 1.32. The minimum atomic E-state index is -0.637. The van der Waals surface area contributed by atoms with Crippen molar-refractivity contribution in [2.45, 2.75) is 32.5 Å². The molecule has 1 rings (SSSR count). The Kier molecular flexibility index (Phi) is 4.97. The molecule has 0 saturated carbocycles. The fraction of sp³-hybridized carbons (Fsp3) is 0.462. The van der Waals surface area contributed by atoms with Crippen molar-refractivity contribution in [3.05, 3.63) is 29.8 Å². The van der Waals surface area contributed by atoms with Gasteiger partial charge in [-0.05, 0) is 31.0 Å². The number of ether oxygens (including phenoxy) is 2. The summed E-state index contributed by atoms with van der Waals surface area (Å²) in [5.74, 6) is 0.164. The maximum atomic E-state index is 11.2. The Morgan fingerprint density at radius 3 is 2.41 bits per heavy atom. The van der Waals surface area contributed by atoms with Crippen LogP contribution in [0.2, 0.25) is 0 Å². The number of carbonyl (C=O) groups excluding carboxylic acids is 1. The summed E-state index contributed by atoms with van der Waals surface area (Å²) < 4.78 is 9.94. The summed E-state index contributed by atoms with van der Waals surface area (Å²) in [4.78, 5) is 11.2. The molecule has 94 valence electrons. The predicted molar refractivity (Wildman–Crippen MR) is 63.8 cm³/mol. The minimum absolute atomic E-state index is 0.414. The van der Waals surface area contributed by atoms with Crippen molar-refractivity contribution in [3.8, 4) is 5.75 Å². The van der Waals surface area contributed by atoms with Gasteiger partial charge in [0.1, 0.15) is 5.75 Å². The third kappa shape index (κ3) is 3.75. The molecule has 0 spiro atoms. The second-order valence-corrected chi connectivity index (χ2v) is 3.78. The van der Waals surface area contributed by atoms with Gasteiger partial charge >= 0.3 is 5.97 Å². The van der Waals surface area contributed by atoms with E-state index in [1.807, 2.05) is 6.92 Å². The number of esters is 1. The van der Waals surface area contributed by atoms with Crippen LogP contribution in [-0.4, -0.2) is 24.3 Å². The van der Waals surface area contributed by atoms with Crippen molar-refractivity contribution in [2.24, 2.45) is 0 Å². The van der Waals surface area contributed by atoms with E-state index in [2.05, 4.69) is 4.74 Å². The van der Waals surface area contributed by atoms with Crippen LogP contribution in [0.1, 0.15) is 31.9 Å². The molecule has 0 aliphatic carbocycles. The van der Waals surface area contributed by atoms with Gasteiger partial charge in [0.2, 0.25) is 0 Å². The molecule has 0 amide bonds. The molecule has 0 bridgehead atoms.